The number of aliphatic hydroxyl groups is 3. The summed E-state index contributed by atoms with van der Waals surface area (Å²) in [6, 6.07) is 1.60. The molecule has 0 heterocycles. The standard InChI is InChI=1S/C16H38O6S2Si2/c1-15(10-25(12-17,13-18)14-19)6-8-23-24-9-7-16(2)11-26(20-3,21-4)22-5/h15-19H,6-14H2,1-5H3. The van der Waals surface area contributed by atoms with Crippen LogP contribution in [0.25, 0.3) is 0 Å². The van der Waals surface area contributed by atoms with Crippen LogP contribution in [0.3, 0.4) is 0 Å². The van der Waals surface area contributed by atoms with Gasteiger partial charge in [0.1, 0.15) is 8.07 Å². The fourth-order valence-corrected chi connectivity index (χ4v) is 9.78. The maximum absolute atomic E-state index is 9.46. The van der Waals surface area contributed by atoms with Gasteiger partial charge in [-0.05, 0) is 30.7 Å². The van der Waals surface area contributed by atoms with E-state index in [1.807, 2.05) is 21.6 Å². The first-order valence-electron chi connectivity index (χ1n) is 9.09. The molecule has 2 atom stereocenters. The van der Waals surface area contributed by atoms with Crippen molar-refractivity contribution in [3.05, 3.63) is 0 Å². The third-order valence-electron chi connectivity index (χ3n) is 4.79. The lowest BCUT2D eigenvalue weighted by Gasteiger charge is -2.28. The summed E-state index contributed by atoms with van der Waals surface area (Å²) in [5.74, 6) is 3.01. The molecule has 0 rings (SSSR count). The second-order valence-corrected chi connectivity index (χ2v) is 17.2. The minimum Gasteiger partial charge on any atom is -0.399 e. The minimum atomic E-state index is -2.48. The molecular weight excluding hydrogens is 408 g/mol. The van der Waals surface area contributed by atoms with Gasteiger partial charge in [-0.15, -0.1) is 0 Å². The molecule has 6 nitrogen and oxygen atoms in total. The Morgan fingerprint density at radius 2 is 1.12 bits per heavy atom. The molecule has 0 aromatic carbocycles. The highest BCUT2D eigenvalue weighted by Crippen LogP contribution is 2.29. The molecule has 0 aromatic rings. The molecule has 10 heteroatoms. The second-order valence-electron chi connectivity index (χ2n) is 7.11. The number of hydrogen-bond donors (Lipinski definition) is 3. The van der Waals surface area contributed by atoms with E-state index in [1.54, 1.807) is 21.3 Å². The second kappa shape index (κ2) is 14.8. The van der Waals surface area contributed by atoms with Gasteiger partial charge in [0.25, 0.3) is 0 Å². The maximum Gasteiger partial charge on any atom is 0.500 e. The fourth-order valence-electron chi connectivity index (χ4n) is 2.83. The van der Waals surface area contributed by atoms with Crippen LogP contribution in [0.15, 0.2) is 0 Å². The molecule has 0 aliphatic heterocycles. The average molecular weight is 447 g/mol. The minimum absolute atomic E-state index is 0.0423. The lowest BCUT2D eigenvalue weighted by molar-refractivity contribution is 0.118. The van der Waals surface area contributed by atoms with Crippen molar-refractivity contribution in [3.63, 3.8) is 0 Å². The first kappa shape index (κ1) is 26.9. The van der Waals surface area contributed by atoms with E-state index in [9.17, 15) is 15.3 Å². The topological polar surface area (TPSA) is 88.4 Å². The molecule has 158 valence electrons. The Kier molecular flexibility index (Phi) is 15.3. The first-order valence-corrected chi connectivity index (χ1v) is 16.3. The smallest absolute Gasteiger partial charge is 0.399 e. The van der Waals surface area contributed by atoms with Crippen LogP contribution >= 0.6 is 21.6 Å². The van der Waals surface area contributed by atoms with Crippen molar-refractivity contribution in [3.8, 4) is 0 Å². The normalized spacial score (nSPS) is 15.2. The lowest BCUT2D eigenvalue weighted by Crippen LogP contribution is -2.49. The molecule has 0 aromatic heterocycles. The van der Waals surface area contributed by atoms with Crippen LogP contribution in [0.1, 0.15) is 26.7 Å². The zero-order valence-corrected chi connectivity index (χ0v) is 20.5. The third kappa shape index (κ3) is 9.90. The molecule has 0 radical (unpaired) electrons. The zero-order valence-electron chi connectivity index (χ0n) is 16.9. The molecule has 0 aliphatic carbocycles. The molecule has 2 unspecified atom stereocenters. The van der Waals surface area contributed by atoms with Gasteiger partial charge in [0.15, 0.2) is 0 Å². The molecule has 3 N–H and O–H groups in total. The quantitative estimate of drug-likeness (QED) is 0.178. The number of hydrogen-bond acceptors (Lipinski definition) is 8. The molecule has 26 heavy (non-hydrogen) atoms. The summed E-state index contributed by atoms with van der Waals surface area (Å²) >= 11 is 0. The molecule has 0 bridgehead atoms. The van der Waals surface area contributed by atoms with Gasteiger partial charge in [0.05, 0.1) is 0 Å². The maximum atomic E-state index is 9.46. The van der Waals surface area contributed by atoms with E-state index in [0.717, 1.165) is 36.4 Å². The van der Waals surface area contributed by atoms with Crippen molar-refractivity contribution in [2.24, 2.45) is 11.8 Å². The summed E-state index contributed by atoms with van der Waals surface area (Å²) in [7, 11) is 3.94. The van der Waals surface area contributed by atoms with E-state index < -0.39 is 16.9 Å². The highest BCUT2D eigenvalue weighted by molar-refractivity contribution is 8.76. The van der Waals surface area contributed by atoms with Crippen LogP contribution in [0.5, 0.6) is 0 Å². The Morgan fingerprint density at radius 3 is 1.46 bits per heavy atom. The van der Waals surface area contributed by atoms with Crippen LogP contribution < -0.4 is 0 Å². The summed E-state index contributed by atoms with van der Waals surface area (Å²) in [6.45, 7) is 4.34. The predicted octanol–water partition coefficient (Wildman–Crippen LogP) is 2.34. The molecule has 0 aliphatic rings. The molecule has 0 amide bonds. The fraction of sp³-hybridized carbons (Fsp3) is 1.00. The number of aliphatic hydroxyl groups excluding tert-OH is 3. The van der Waals surface area contributed by atoms with Gasteiger partial charge in [-0.2, -0.15) is 0 Å². The van der Waals surface area contributed by atoms with E-state index in [0.29, 0.717) is 11.8 Å². The lowest BCUT2D eigenvalue weighted by atomic mass is 10.2. The Balaban J connectivity index is 3.93. The Morgan fingerprint density at radius 1 is 0.731 bits per heavy atom. The van der Waals surface area contributed by atoms with Crippen LogP contribution in [0.4, 0.5) is 0 Å². The largest absolute Gasteiger partial charge is 0.500 e. The van der Waals surface area contributed by atoms with E-state index in [2.05, 4.69) is 13.8 Å². The molecule has 0 fully saturated rings. The van der Waals surface area contributed by atoms with E-state index in [1.165, 1.54) is 0 Å². The van der Waals surface area contributed by atoms with Crippen LogP contribution in [0.2, 0.25) is 12.1 Å². The Hall–Kier alpha value is 0.894. The Bertz CT molecular complexity index is 298. The van der Waals surface area contributed by atoms with Crippen LogP contribution in [-0.2, 0) is 13.3 Å². The van der Waals surface area contributed by atoms with Crippen molar-refractivity contribution < 1.29 is 28.6 Å². The van der Waals surface area contributed by atoms with Gasteiger partial charge in [0.2, 0.25) is 0 Å². The van der Waals surface area contributed by atoms with Gasteiger partial charge < -0.3 is 28.6 Å². The van der Waals surface area contributed by atoms with Gasteiger partial charge in [-0.1, -0.05) is 35.4 Å². The first-order chi connectivity index (χ1) is 12.4. The van der Waals surface area contributed by atoms with Crippen molar-refractivity contribution in [1.82, 2.24) is 0 Å². The van der Waals surface area contributed by atoms with Crippen LogP contribution in [0, 0.1) is 11.8 Å². The van der Waals surface area contributed by atoms with Gasteiger partial charge in [-0.3, -0.25) is 0 Å². The van der Waals surface area contributed by atoms with Gasteiger partial charge in [-0.25, -0.2) is 0 Å². The summed E-state index contributed by atoms with van der Waals surface area (Å²) in [4.78, 5) is 0. The van der Waals surface area contributed by atoms with Crippen molar-refractivity contribution in [1.29, 1.82) is 0 Å². The van der Waals surface area contributed by atoms with E-state index in [-0.39, 0.29) is 18.7 Å². The van der Waals surface area contributed by atoms with Gasteiger partial charge in [0, 0.05) is 57.6 Å². The number of rotatable bonds is 17. The van der Waals surface area contributed by atoms with Crippen molar-refractivity contribution >= 4 is 38.5 Å². The molecule has 0 spiro atoms. The average Bonchev–Trinajstić information content (AvgIpc) is 2.67. The van der Waals surface area contributed by atoms with Gasteiger partial charge >= 0.3 is 8.80 Å². The molecular formula is C16H38O6S2Si2. The van der Waals surface area contributed by atoms with Crippen molar-refractivity contribution in [2.45, 2.75) is 38.8 Å². The van der Waals surface area contributed by atoms with E-state index >= 15 is 0 Å². The summed E-state index contributed by atoms with van der Waals surface area (Å²) in [5, 5.41) is 28.4. The SMILES string of the molecule is CO[Si](CC(C)CCSSCCC(C)C[Si](CO)(CO)CO)(OC)OC. The van der Waals surface area contributed by atoms with E-state index in [4.69, 9.17) is 13.3 Å². The highest BCUT2D eigenvalue weighted by atomic mass is 33.1. The summed E-state index contributed by atoms with van der Waals surface area (Å²) < 4.78 is 16.4. The summed E-state index contributed by atoms with van der Waals surface area (Å²) in [6.07, 6.45) is 2.00. The summed E-state index contributed by atoms with van der Waals surface area (Å²) in [5.41, 5.74) is 0. The van der Waals surface area contributed by atoms with Crippen LogP contribution in [-0.4, -0.2) is 83.7 Å². The predicted molar refractivity (Wildman–Crippen MR) is 116 cm³/mol. The van der Waals surface area contributed by atoms with Crippen molar-refractivity contribution in [2.75, 3.05) is 51.5 Å². The monoisotopic (exact) mass is 446 g/mol. The highest BCUT2D eigenvalue weighted by Gasteiger charge is 2.39. The molecule has 0 saturated carbocycles. The zero-order chi connectivity index (χ0) is 20.1. The third-order valence-corrected chi connectivity index (χ3v) is 13.9. The molecule has 0 saturated heterocycles. The Labute approximate surface area is 169 Å².